The largest absolute Gasteiger partial charge is 0.360 e. The maximum absolute atomic E-state index is 13.1. The molecule has 3 aromatic rings. The molecule has 0 aliphatic carbocycles. The average molecular weight is 489 g/mol. The second-order valence-corrected chi connectivity index (χ2v) is 10.2. The molecular weight excluding hydrogens is 448 g/mol. The highest BCUT2D eigenvalue weighted by atomic mass is 16.2. The molecule has 0 bridgehead atoms. The normalized spacial score (nSPS) is 18.6. The zero-order chi connectivity index (χ0) is 25.5. The number of H-pyrrole nitrogens is 1. The number of nitrogens with zero attached hydrogens (tertiary/aromatic N) is 2. The number of nitrogens with one attached hydrogen (secondary N) is 2. The van der Waals surface area contributed by atoms with E-state index in [0.29, 0.717) is 23.6 Å². The van der Waals surface area contributed by atoms with E-state index in [1.807, 2.05) is 36.1 Å². The molecule has 1 atom stereocenters. The van der Waals surface area contributed by atoms with Gasteiger partial charge in [0, 0.05) is 48.3 Å². The van der Waals surface area contributed by atoms with Crippen LogP contribution in [0.4, 0.5) is 0 Å². The fourth-order valence-electron chi connectivity index (χ4n) is 5.24. The van der Waals surface area contributed by atoms with Crippen LogP contribution in [0.5, 0.6) is 0 Å². The topological polar surface area (TPSA) is 68.4 Å². The van der Waals surface area contributed by atoms with Gasteiger partial charge in [-0.25, -0.2) is 0 Å². The summed E-state index contributed by atoms with van der Waals surface area (Å²) in [6.45, 7) is 7.62. The molecule has 36 heavy (non-hydrogen) atoms. The van der Waals surface area contributed by atoms with E-state index in [9.17, 15) is 9.59 Å². The molecule has 1 aromatic heterocycles. The Kier molecular flexibility index (Phi) is 8.81. The van der Waals surface area contributed by atoms with Crippen molar-refractivity contribution in [3.8, 4) is 0 Å². The Bertz CT molecular complexity index is 1140. The average Bonchev–Trinajstić information content (AvgIpc) is 3.50. The molecule has 2 fully saturated rings. The Balaban J connectivity index is 0.000000375. The van der Waals surface area contributed by atoms with Crippen LogP contribution in [-0.2, 0) is 6.42 Å². The first-order valence-electron chi connectivity index (χ1n) is 13.4. The predicted molar refractivity (Wildman–Crippen MR) is 146 cm³/mol. The summed E-state index contributed by atoms with van der Waals surface area (Å²) >= 11 is 0. The third kappa shape index (κ3) is 6.35. The van der Waals surface area contributed by atoms with E-state index in [0.717, 1.165) is 49.3 Å². The van der Waals surface area contributed by atoms with Gasteiger partial charge < -0.3 is 20.1 Å². The van der Waals surface area contributed by atoms with Gasteiger partial charge in [-0.3, -0.25) is 9.59 Å². The summed E-state index contributed by atoms with van der Waals surface area (Å²) in [4.78, 5) is 32.8. The number of fused-ring (bicyclic) bond motifs is 1. The minimum atomic E-state index is -0.120. The van der Waals surface area contributed by atoms with Crippen molar-refractivity contribution in [2.24, 2.45) is 5.92 Å². The van der Waals surface area contributed by atoms with Crippen LogP contribution in [0.15, 0.2) is 54.7 Å². The van der Waals surface area contributed by atoms with E-state index in [1.54, 1.807) is 6.20 Å². The van der Waals surface area contributed by atoms with Gasteiger partial charge in [-0.1, -0.05) is 30.3 Å². The van der Waals surface area contributed by atoms with Crippen LogP contribution >= 0.6 is 0 Å². The van der Waals surface area contributed by atoms with E-state index < -0.39 is 0 Å². The molecule has 6 nitrogen and oxygen atoms in total. The van der Waals surface area contributed by atoms with E-state index in [4.69, 9.17) is 0 Å². The minimum Gasteiger partial charge on any atom is -0.360 e. The molecule has 2 aliphatic rings. The summed E-state index contributed by atoms with van der Waals surface area (Å²) in [6.07, 6.45) is 7.63. The second-order valence-electron chi connectivity index (χ2n) is 10.2. The van der Waals surface area contributed by atoms with Crippen molar-refractivity contribution >= 4 is 22.7 Å². The number of benzene rings is 2. The van der Waals surface area contributed by atoms with Gasteiger partial charge in [-0.15, -0.1) is 0 Å². The number of amides is 2. The minimum absolute atomic E-state index is 0.0492. The van der Waals surface area contributed by atoms with E-state index in [1.165, 1.54) is 24.9 Å². The van der Waals surface area contributed by atoms with Gasteiger partial charge in [0.05, 0.1) is 5.56 Å². The number of carbonyl (C=O) groups excluding carboxylic acids is 2. The molecule has 1 unspecified atom stereocenters. The molecule has 2 N–H and O–H groups in total. The molecule has 0 saturated carbocycles. The van der Waals surface area contributed by atoms with Gasteiger partial charge >= 0.3 is 0 Å². The molecule has 3 heterocycles. The molecule has 0 radical (unpaired) electrons. The van der Waals surface area contributed by atoms with Crippen LogP contribution in [0, 0.1) is 5.92 Å². The van der Waals surface area contributed by atoms with E-state index in [-0.39, 0.29) is 11.8 Å². The second kappa shape index (κ2) is 12.2. The summed E-state index contributed by atoms with van der Waals surface area (Å²) in [5.41, 5.74) is 3.46. The number of rotatable bonds is 5. The van der Waals surface area contributed by atoms with Crippen LogP contribution in [0.3, 0.4) is 0 Å². The SMILES string of the molecule is CC1CCCN1C.CCNC(=O)c1c[nH]c2ccc(C(=O)N3CCC(Cc4ccccc4)CC3)cc12. The fourth-order valence-corrected chi connectivity index (χ4v) is 5.24. The standard InChI is InChI=1S/C24H27N3O2.C6H13N/c1-2-25-23(28)21-16-26-22-9-8-19(15-20(21)22)24(29)27-12-10-18(11-13-27)14-17-6-4-3-5-7-17;1-6-4-3-5-7(6)2/h3-9,15-16,18,26H,2,10-14H2,1H3,(H,25,28);6H,3-5H2,1-2H3. The first kappa shape index (κ1) is 26.0. The van der Waals surface area contributed by atoms with Crippen molar-refractivity contribution in [2.45, 2.75) is 52.0 Å². The highest BCUT2D eigenvalue weighted by Gasteiger charge is 2.24. The lowest BCUT2D eigenvalue weighted by molar-refractivity contribution is 0.0690. The summed E-state index contributed by atoms with van der Waals surface area (Å²) in [5.74, 6) is 0.552. The van der Waals surface area contributed by atoms with Crippen molar-refractivity contribution < 1.29 is 9.59 Å². The summed E-state index contributed by atoms with van der Waals surface area (Å²) < 4.78 is 0. The quantitative estimate of drug-likeness (QED) is 0.524. The van der Waals surface area contributed by atoms with Gasteiger partial charge in [0.15, 0.2) is 0 Å². The van der Waals surface area contributed by atoms with E-state index in [2.05, 4.69) is 53.4 Å². The monoisotopic (exact) mass is 488 g/mol. The molecule has 6 heteroatoms. The number of aromatic amines is 1. The maximum atomic E-state index is 13.1. The lowest BCUT2D eigenvalue weighted by Crippen LogP contribution is -2.38. The molecule has 5 rings (SSSR count). The molecule has 2 aliphatic heterocycles. The van der Waals surface area contributed by atoms with Crippen LogP contribution in [-0.4, -0.2) is 65.9 Å². The lowest BCUT2D eigenvalue weighted by atomic mass is 9.90. The third-order valence-electron chi connectivity index (χ3n) is 7.66. The molecule has 2 amide bonds. The number of piperidine rings is 1. The third-order valence-corrected chi connectivity index (χ3v) is 7.66. The van der Waals surface area contributed by atoms with E-state index >= 15 is 0 Å². The molecule has 192 valence electrons. The zero-order valence-electron chi connectivity index (χ0n) is 21.9. The first-order chi connectivity index (χ1) is 17.5. The zero-order valence-corrected chi connectivity index (χ0v) is 21.9. The van der Waals surface area contributed by atoms with Crippen LogP contribution in [0.1, 0.15) is 65.8 Å². The van der Waals surface area contributed by atoms with Crippen molar-refractivity contribution in [2.75, 3.05) is 33.2 Å². The Labute approximate surface area is 215 Å². The van der Waals surface area contributed by atoms with Crippen molar-refractivity contribution in [1.82, 2.24) is 20.1 Å². The summed E-state index contributed by atoms with van der Waals surface area (Å²) in [7, 11) is 2.19. The van der Waals surface area contributed by atoms with Crippen molar-refractivity contribution in [3.05, 3.63) is 71.4 Å². The van der Waals surface area contributed by atoms with Crippen LogP contribution in [0.2, 0.25) is 0 Å². The number of likely N-dealkylation sites (tertiary alicyclic amines) is 2. The van der Waals surface area contributed by atoms with Gasteiger partial charge in [-0.2, -0.15) is 0 Å². The van der Waals surface area contributed by atoms with Gasteiger partial charge in [0.25, 0.3) is 11.8 Å². The van der Waals surface area contributed by atoms with Crippen molar-refractivity contribution in [1.29, 1.82) is 0 Å². The van der Waals surface area contributed by atoms with Gasteiger partial charge in [0.2, 0.25) is 0 Å². The molecule has 2 aromatic carbocycles. The van der Waals surface area contributed by atoms with Gasteiger partial charge in [-0.05, 0) is 89.2 Å². The summed E-state index contributed by atoms with van der Waals surface area (Å²) in [6, 6.07) is 17.0. The highest BCUT2D eigenvalue weighted by Crippen LogP contribution is 2.25. The molecule has 2 saturated heterocycles. The first-order valence-corrected chi connectivity index (χ1v) is 13.4. The number of carbonyl (C=O) groups is 2. The Morgan fingerprint density at radius 3 is 2.39 bits per heavy atom. The maximum Gasteiger partial charge on any atom is 0.253 e. The summed E-state index contributed by atoms with van der Waals surface area (Å²) in [5, 5.41) is 3.61. The number of hydrogen-bond donors (Lipinski definition) is 2. The Morgan fingerprint density at radius 1 is 1.03 bits per heavy atom. The number of hydrogen-bond acceptors (Lipinski definition) is 3. The van der Waals surface area contributed by atoms with Crippen molar-refractivity contribution in [3.63, 3.8) is 0 Å². The lowest BCUT2D eigenvalue weighted by Gasteiger charge is -2.32. The Morgan fingerprint density at radius 2 is 1.78 bits per heavy atom. The fraction of sp³-hybridized carbons (Fsp3) is 0.467. The van der Waals surface area contributed by atoms with Crippen LogP contribution in [0.25, 0.3) is 10.9 Å². The Hall–Kier alpha value is -3.12. The predicted octanol–water partition coefficient (Wildman–Crippen LogP) is 5.11. The van der Waals surface area contributed by atoms with Crippen LogP contribution < -0.4 is 5.32 Å². The molecule has 0 spiro atoms. The highest BCUT2D eigenvalue weighted by molar-refractivity contribution is 6.08. The smallest absolute Gasteiger partial charge is 0.253 e. The molecular formula is C30H40N4O2. The number of aromatic nitrogens is 1. The van der Waals surface area contributed by atoms with Gasteiger partial charge in [0.1, 0.15) is 0 Å².